The number of aliphatic hydroxyl groups excluding tert-OH is 1. The number of hydrogen-bond acceptors (Lipinski definition) is 3. The van der Waals surface area contributed by atoms with Crippen LogP contribution >= 0.6 is 0 Å². The molecule has 4 nitrogen and oxygen atoms in total. The molecular formula is C14H17NO3. The molecule has 0 unspecified atom stereocenters. The number of likely N-dealkylation sites (N-methyl/N-ethyl adjacent to an activating group) is 1. The van der Waals surface area contributed by atoms with Crippen molar-refractivity contribution in [3.05, 3.63) is 35.9 Å². The van der Waals surface area contributed by atoms with Gasteiger partial charge in [0.1, 0.15) is 5.75 Å². The summed E-state index contributed by atoms with van der Waals surface area (Å²) < 4.78 is 5.17. The summed E-state index contributed by atoms with van der Waals surface area (Å²) in [6.07, 6.45) is 0.622. The number of ether oxygens (including phenoxy) is 1. The van der Waals surface area contributed by atoms with Crippen LogP contribution in [-0.2, 0) is 11.2 Å². The summed E-state index contributed by atoms with van der Waals surface area (Å²) in [5.74, 6) is 0.550. The van der Waals surface area contributed by atoms with Gasteiger partial charge < -0.3 is 14.7 Å². The van der Waals surface area contributed by atoms with E-state index >= 15 is 0 Å². The highest BCUT2D eigenvalue weighted by Gasteiger charge is 2.28. The number of fused-ring (bicyclic) bond motifs is 1. The fourth-order valence-electron chi connectivity index (χ4n) is 2.21. The van der Waals surface area contributed by atoms with Crippen LogP contribution in [0.15, 0.2) is 24.8 Å². The molecule has 18 heavy (non-hydrogen) atoms. The number of amides is 1. The number of rotatable bonds is 2. The van der Waals surface area contributed by atoms with Crippen LogP contribution in [0.4, 0.5) is 0 Å². The third-order valence-corrected chi connectivity index (χ3v) is 3.43. The van der Waals surface area contributed by atoms with Crippen LogP contribution in [0.25, 0.3) is 5.57 Å². The van der Waals surface area contributed by atoms with Crippen molar-refractivity contribution in [1.82, 2.24) is 4.90 Å². The first-order valence-electron chi connectivity index (χ1n) is 5.82. The monoisotopic (exact) mass is 247 g/mol. The molecular weight excluding hydrogens is 230 g/mol. The third kappa shape index (κ3) is 1.99. The molecule has 1 N–H and O–H groups in total. The minimum absolute atomic E-state index is 0.0546. The maximum atomic E-state index is 12.2. The van der Waals surface area contributed by atoms with Gasteiger partial charge in [-0.3, -0.25) is 4.79 Å². The molecule has 1 amide bonds. The highest BCUT2D eigenvalue weighted by atomic mass is 16.5. The Labute approximate surface area is 106 Å². The van der Waals surface area contributed by atoms with Crippen molar-refractivity contribution in [3.8, 4) is 5.75 Å². The Hall–Kier alpha value is -1.81. The van der Waals surface area contributed by atoms with Crippen molar-refractivity contribution >= 4 is 11.5 Å². The average molecular weight is 247 g/mol. The summed E-state index contributed by atoms with van der Waals surface area (Å²) in [6, 6.07) is 5.40. The lowest BCUT2D eigenvalue weighted by Gasteiger charge is -2.24. The Morgan fingerprint density at radius 3 is 2.89 bits per heavy atom. The van der Waals surface area contributed by atoms with E-state index in [0.29, 0.717) is 17.7 Å². The quantitative estimate of drug-likeness (QED) is 0.796. The van der Waals surface area contributed by atoms with Gasteiger partial charge in [-0.25, -0.2) is 0 Å². The second-order valence-electron chi connectivity index (χ2n) is 4.46. The first kappa shape index (κ1) is 12.6. The fourth-order valence-corrected chi connectivity index (χ4v) is 2.21. The van der Waals surface area contributed by atoms with Gasteiger partial charge in [-0.2, -0.15) is 0 Å². The van der Waals surface area contributed by atoms with Gasteiger partial charge in [-0.1, -0.05) is 12.6 Å². The van der Waals surface area contributed by atoms with E-state index in [1.165, 1.54) is 0 Å². The molecule has 0 bridgehead atoms. The van der Waals surface area contributed by atoms with E-state index in [1.807, 2.05) is 18.2 Å². The molecule has 1 aliphatic heterocycles. The van der Waals surface area contributed by atoms with E-state index in [4.69, 9.17) is 4.74 Å². The Morgan fingerprint density at radius 2 is 2.28 bits per heavy atom. The lowest BCUT2D eigenvalue weighted by atomic mass is 9.98. The van der Waals surface area contributed by atoms with E-state index in [-0.39, 0.29) is 18.6 Å². The van der Waals surface area contributed by atoms with Gasteiger partial charge in [-0.05, 0) is 29.7 Å². The highest BCUT2D eigenvalue weighted by Crippen LogP contribution is 2.29. The molecule has 0 saturated heterocycles. The maximum Gasteiger partial charge on any atom is 0.253 e. The SMILES string of the molecule is C=C1C(=O)N(C)[C@@H](CO)Cc2ccc(OC)cc21. The molecule has 2 rings (SSSR count). The second kappa shape index (κ2) is 4.82. The topological polar surface area (TPSA) is 49.8 Å². The van der Waals surface area contributed by atoms with Gasteiger partial charge in [0.25, 0.3) is 5.91 Å². The van der Waals surface area contributed by atoms with Crippen LogP contribution in [0, 0.1) is 0 Å². The first-order valence-corrected chi connectivity index (χ1v) is 5.82. The predicted molar refractivity (Wildman–Crippen MR) is 69.4 cm³/mol. The van der Waals surface area contributed by atoms with E-state index in [1.54, 1.807) is 19.1 Å². The van der Waals surface area contributed by atoms with Crippen molar-refractivity contribution in [2.75, 3.05) is 20.8 Å². The van der Waals surface area contributed by atoms with Crippen molar-refractivity contribution in [2.24, 2.45) is 0 Å². The number of carbonyl (C=O) groups is 1. The van der Waals surface area contributed by atoms with Crippen molar-refractivity contribution in [3.63, 3.8) is 0 Å². The Balaban J connectivity index is 2.51. The molecule has 0 spiro atoms. The van der Waals surface area contributed by atoms with E-state index in [2.05, 4.69) is 6.58 Å². The number of methoxy groups -OCH3 is 1. The van der Waals surface area contributed by atoms with E-state index in [9.17, 15) is 9.90 Å². The first-order chi connectivity index (χ1) is 8.58. The molecule has 1 aliphatic rings. The lowest BCUT2D eigenvalue weighted by Crippen LogP contribution is -2.39. The molecule has 0 aromatic heterocycles. The fraction of sp³-hybridized carbons (Fsp3) is 0.357. The average Bonchev–Trinajstić information content (AvgIpc) is 2.49. The minimum atomic E-state index is -0.205. The second-order valence-corrected chi connectivity index (χ2v) is 4.46. The van der Waals surface area contributed by atoms with Crippen LogP contribution in [-0.4, -0.2) is 42.7 Å². The standard InChI is InChI=1S/C14H17NO3/c1-9-13-7-12(18-3)5-4-10(13)6-11(8-16)15(2)14(9)17/h4-5,7,11,16H,1,6,8H2,2-3H3/t11-/m1/s1. The van der Waals surface area contributed by atoms with Gasteiger partial charge in [0, 0.05) is 12.6 Å². The van der Waals surface area contributed by atoms with Crippen LogP contribution in [0.3, 0.4) is 0 Å². The summed E-state index contributed by atoms with van der Waals surface area (Å²) in [7, 11) is 3.28. The zero-order valence-corrected chi connectivity index (χ0v) is 10.6. The Morgan fingerprint density at radius 1 is 1.56 bits per heavy atom. The molecule has 1 heterocycles. The zero-order valence-electron chi connectivity index (χ0n) is 10.6. The smallest absolute Gasteiger partial charge is 0.253 e. The van der Waals surface area contributed by atoms with Gasteiger partial charge in [0.15, 0.2) is 0 Å². The third-order valence-electron chi connectivity index (χ3n) is 3.43. The summed E-state index contributed by atoms with van der Waals surface area (Å²) >= 11 is 0. The molecule has 1 aromatic rings. The molecule has 96 valence electrons. The van der Waals surface area contributed by atoms with Crippen molar-refractivity contribution in [1.29, 1.82) is 0 Å². The van der Waals surface area contributed by atoms with E-state index < -0.39 is 0 Å². The van der Waals surface area contributed by atoms with Crippen molar-refractivity contribution in [2.45, 2.75) is 12.5 Å². The maximum absolute atomic E-state index is 12.2. The van der Waals surface area contributed by atoms with Crippen LogP contribution in [0.2, 0.25) is 0 Å². The summed E-state index contributed by atoms with van der Waals surface area (Å²) in [4.78, 5) is 13.7. The number of carbonyl (C=O) groups excluding carboxylic acids is 1. The molecule has 0 saturated carbocycles. The molecule has 1 aromatic carbocycles. The molecule has 4 heteroatoms. The number of hydrogen-bond donors (Lipinski definition) is 1. The van der Waals surface area contributed by atoms with E-state index in [0.717, 1.165) is 11.1 Å². The number of benzene rings is 1. The Kier molecular flexibility index (Phi) is 3.39. The van der Waals surface area contributed by atoms with Gasteiger partial charge in [0.2, 0.25) is 0 Å². The van der Waals surface area contributed by atoms with Gasteiger partial charge in [0.05, 0.1) is 19.8 Å². The lowest BCUT2D eigenvalue weighted by molar-refractivity contribution is -0.126. The number of nitrogens with zero attached hydrogens (tertiary/aromatic N) is 1. The van der Waals surface area contributed by atoms with Crippen molar-refractivity contribution < 1.29 is 14.6 Å². The predicted octanol–water partition coefficient (Wildman–Crippen LogP) is 1.08. The largest absolute Gasteiger partial charge is 0.497 e. The van der Waals surface area contributed by atoms with Crippen LogP contribution < -0.4 is 4.74 Å². The zero-order chi connectivity index (χ0) is 13.3. The van der Waals surface area contributed by atoms with Crippen LogP contribution in [0.5, 0.6) is 5.75 Å². The molecule has 0 radical (unpaired) electrons. The summed E-state index contributed by atoms with van der Waals surface area (Å²) in [6.45, 7) is 3.81. The minimum Gasteiger partial charge on any atom is -0.497 e. The molecule has 0 fully saturated rings. The Bertz CT molecular complexity index is 496. The van der Waals surface area contributed by atoms with Crippen LogP contribution in [0.1, 0.15) is 11.1 Å². The summed E-state index contributed by atoms with van der Waals surface area (Å²) in [5, 5.41) is 9.37. The summed E-state index contributed by atoms with van der Waals surface area (Å²) in [5.41, 5.74) is 2.27. The highest BCUT2D eigenvalue weighted by molar-refractivity contribution is 6.19. The normalized spacial score (nSPS) is 19.5. The van der Waals surface area contributed by atoms with Gasteiger partial charge >= 0.3 is 0 Å². The van der Waals surface area contributed by atoms with Gasteiger partial charge in [-0.15, -0.1) is 0 Å². The number of aliphatic hydroxyl groups is 1. The molecule has 0 aliphatic carbocycles. The molecule has 1 atom stereocenters.